The molecule has 18 rings (SSSR count). The number of methoxy groups -OCH3 is 8. The second kappa shape index (κ2) is 43.5. The van der Waals surface area contributed by atoms with Gasteiger partial charge in [-0.05, 0) is 215 Å². The monoisotopic (exact) mass is 1690 g/mol. The first-order valence-electron chi connectivity index (χ1n) is 44.2. The van der Waals surface area contributed by atoms with Gasteiger partial charge in [-0.3, -0.25) is 0 Å². The molecule has 129 heavy (non-hydrogen) atoms. The summed E-state index contributed by atoms with van der Waals surface area (Å²) in [5.74, 6) is 0. The van der Waals surface area contributed by atoms with Crippen LogP contribution in [0, 0.1) is 13.8 Å². The van der Waals surface area contributed by atoms with E-state index in [1.54, 1.807) is 56.9 Å². The van der Waals surface area contributed by atoms with E-state index in [1.165, 1.54) is 165 Å². The maximum Gasteiger partial charge on any atom is 0.0719 e. The number of fused-ring (bicyclic) bond motifs is 4. The lowest BCUT2D eigenvalue weighted by atomic mass is 9.64. The van der Waals surface area contributed by atoms with Crippen molar-refractivity contribution in [1.29, 1.82) is 0 Å². The molecule has 0 unspecified atom stereocenters. The first-order chi connectivity index (χ1) is 63.4. The zero-order chi connectivity index (χ0) is 89.4. The molecular weight excluding hydrogens is 1580 g/mol. The van der Waals surface area contributed by atoms with E-state index >= 15 is 0 Å². The van der Waals surface area contributed by atoms with Crippen LogP contribution in [0.15, 0.2) is 413 Å². The van der Waals surface area contributed by atoms with Gasteiger partial charge in [-0.15, -0.1) is 0 Å². The minimum absolute atomic E-state index is 0.431. The number of ether oxygens (including phenoxy) is 8. The van der Waals surface area contributed by atoms with Gasteiger partial charge in [-0.1, -0.05) is 388 Å². The highest BCUT2D eigenvalue weighted by molar-refractivity contribution is 6.08. The molecule has 8 nitrogen and oxygen atoms in total. The van der Waals surface area contributed by atoms with Crippen molar-refractivity contribution in [2.45, 2.75) is 82.9 Å². The van der Waals surface area contributed by atoms with E-state index in [0.717, 1.165) is 11.1 Å². The summed E-state index contributed by atoms with van der Waals surface area (Å²) in [5, 5.41) is 9.83. The van der Waals surface area contributed by atoms with Gasteiger partial charge in [0.25, 0.3) is 0 Å². The van der Waals surface area contributed by atoms with Crippen molar-refractivity contribution in [1.82, 2.24) is 0 Å². The average molecular weight is 1700 g/mol. The van der Waals surface area contributed by atoms with Gasteiger partial charge in [-0.25, -0.2) is 0 Å². The smallest absolute Gasteiger partial charge is 0.0719 e. The maximum absolute atomic E-state index is 5.52. The van der Waals surface area contributed by atoms with E-state index in [-0.39, 0.29) is 0 Å². The van der Waals surface area contributed by atoms with Crippen molar-refractivity contribution in [3.63, 3.8) is 0 Å². The molecule has 18 aromatic rings. The number of benzene rings is 18. The fourth-order valence-electron chi connectivity index (χ4n) is 19.0. The second-order valence-electron chi connectivity index (χ2n) is 33.0. The molecular formula is C121H114O8. The van der Waals surface area contributed by atoms with Crippen LogP contribution in [-0.4, -0.2) is 56.9 Å². The van der Waals surface area contributed by atoms with Gasteiger partial charge in [0.15, 0.2) is 0 Å². The van der Waals surface area contributed by atoms with E-state index in [0.29, 0.717) is 52.9 Å². The molecule has 0 fully saturated rings. The van der Waals surface area contributed by atoms with Gasteiger partial charge in [0.2, 0.25) is 0 Å². The molecule has 0 bridgehead atoms. The third-order valence-corrected chi connectivity index (χ3v) is 25.0. The molecule has 0 saturated heterocycles. The summed E-state index contributed by atoms with van der Waals surface area (Å²) >= 11 is 0. The van der Waals surface area contributed by atoms with Crippen LogP contribution in [0.25, 0.3) is 54.2 Å². The van der Waals surface area contributed by atoms with Crippen LogP contribution in [0.4, 0.5) is 0 Å². The average Bonchev–Trinajstić information content (AvgIpc) is 0.735. The standard InChI is InChI=1S/C37H32O2.C31H32O2.C29H28O2.C24H22O2/c1-38-25-27-13-15-31-23-35(19-17-29(31)21-27)37(33-9-5-3-6-10-33,34-11-7-4-8-12-34)36-20-18-30-22-28(26-39-2)14-16-32(30)24-36;1-23-19-29(17-15-25(23)21-32-3)31(27-11-7-5-8-12-27,28-13-9-6-10-14-28)30-18-16-26(22-33-4)24(2)20-30;1-30-21-23-13-17-27(18-14-23)29(25-9-5-3-6-10-25,26-11-7-4-8-12-26)28-19-15-24(16-20-28)22-31-2;1-25-15-19-13-11-17-7-3-5-9-21(17)23(19)24-20(16-26-2)14-12-18-8-4-6-10-22(18)24/h3-24H,25-26H2,1-2H3;5-20H,21-22H2,1-4H3;3-20H,21-22H2,1-2H3;3-14H,15-16H2,1-2H3. The maximum atomic E-state index is 5.52. The van der Waals surface area contributed by atoms with Gasteiger partial charge < -0.3 is 37.9 Å². The van der Waals surface area contributed by atoms with E-state index < -0.39 is 16.2 Å². The Balaban J connectivity index is 0.000000133. The Kier molecular flexibility index (Phi) is 30.5. The molecule has 0 aliphatic rings. The van der Waals surface area contributed by atoms with Crippen LogP contribution in [-0.2, 0) is 107 Å². The normalized spacial score (nSPS) is 11.5. The Morgan fingerprint density at radius 3 is 0.674 bits per heavy atom. The molecule has 0 spiro atoms. The lowest BCUT2D eigenvalue weighted by Crippen LogP contribution is -2.31. The van der Waals surface area contributed by atoms with Crippen molar-refractivity contribution in [3.8, 4) is 11.1 Å². The Labute approximate surface area is 761 Å². The molecule has 8 heteroatoms. The molecule has 0 N–H and O–H groups in total. The summed E-state index contributed by atoms with van der Waals surface area (Å²) in [6, 6.07) is 149. The topological polar surface area (TPSA) is 73.8 Å². The van der Waals surface area contributed by atoms with Crippen molar-refractivity contribution in [2.24, 2.45) is 0 Å². The summed E-state index contributed by atoms with van der Waals surface area (Å²) in [6.45, 7) is 9.16. The van der Waals surface area contributed by atoms with Gasteiger partial charge in [0.1, 0.15) is 0 Å². The second-order valence-corrected chi connectivity index (χ2v) is 33.0. The number of hydrogen-bond donors (Lipinski definition) is 0. The number of hydrogen-bond acceptors (Lipinski definition) is 8. The van der Waals surface area contributed by atoms with Crippen LogP contribution in [0.2, 0.25) is 0 Å². The lowest BCUT2D eigenvalue weighted by Gasteiger charge is -2.37. The van der Waals surface area contributed by atoms with Crippen LogP contribution in [0.3, 0.4) is 0 Å². The van der Waals surface area contributed by atoms with Gasteiger partial charge in [0, 0.05) is 56.9 Å². The molecule has 0 radical (unpaired) electrons. The first-order valence-corrected chi connectivity index (χ1v) is 44.2. The highest BCUT2D eigenvalue weighted by Crippen LogP contribution is 2.51. The Morgan fingerprint density at radius 1 is 0.163 bits per heavy atom. The van der Waals surface area contributed by atoms with Crippen LogP contribution in [0.1, 0.15) is 122 Å². The Morgan fingerprint density at radius 2 is 0.372 bits per heavy atom. The van der Waals surface area contributed by atoms with Gasteiger partial charge in [-0.2, -0.15) is 0 Å². The van der Waals surface area contributed by atoms with E-state index in [4.69, 9.17) is 37.9 Å². The molecule has 0 atom stereocenters. The predicted octanol–water partition coefficient (Wildman–Crippen LogP) is 28.0. The van der Waals surface area contributed by atoms with E-state index in [1.807, 2.05) is 0 Å². The SMILES string of the molecule is COCc1ccc(C(c2ccccc2)(c2ccccc2)c2ccc(COC)c(C)c2)cc1C.COCc1ccc(C(c2ccccc2)(c2ccccc2)c2ccc(COC)cc2)cc1.COCc1ccc2cc(C(c3ccccc3)(c3ccccc3)c3ccc4cc(COC)ccc4c3)ccc2c1.COCc1ccc2ccccc2c1-c1c(COC)ccc2ccccc12. The molecule has 0 aliphatic carbocycles. The van der Waals surface area contributed by atoms with Crippen molar-refractivity contribution < 1.29 is 37.9 Å². The minimum Gasteiger partial charge on any atom is -0.380 e. The van der Waals surface area contributed by atoms with E-state index in [9.17, 15) is 0 Å². The zero-order valence-corrected chi connectivity index (χ0v) is 75.7. The molecule has 0 aromatic heterocycles. The van der Waals surface area contributed by atoms with Crippen molar-refractivity contribution in [2.75, 3.05) is 56.9 Å². The number of rotatable bonds is 29. The number of aryl methyl sites for hydroxylation is 2. The largest absolute Gasteiger partial charge is 0.380 e. The van der Waals surface area contributed by atoms with E-state index in [2.05, 4.69) is 426 Å². The third kappa shape index (κ3) is 19.6. The van der Waals surface area contributed by atoms with Crippen LogP contribution >= 0.6 is 0 Å². The van der Waals surface area contributed by atoms with Crippen LogP contribution in [0.5, 0.6) is 0 Å². The summed E-state index contributed by atoms with van der Waals surface area (Å²) in [7, 11) is 13.9. The summed E-state index contributed by atoms with van der Waals surface area (Å²) < 4.78 is 43.3. The summed E-state index contributed by atoms with van der Waals surface area (Å²) in [6.07, 6.45) is 0. The summed E-state index contributed by atoms with van der Waals surface area (Å²) in [4.78, 5) is 0. The highest BCUT2D eigenvalue weighted by atomic mass is 16.5. The van der Waals surface area contributed by atoms with Gasteiger partial charge in [0.05, 0.1) is 69.1 Å². The highest BCUT2D eigenvalue weighted by Gasteiger charge is 2.42. The van der Waals surface area contributed by atoms with Gasteiger partial charge >= 0.3 is 0 Å². The molecule has 18 aromatic carbocycles. The first kappa shape index (κ1) is 90.5. The molecule has 0 heterocycles. The molecule has 0 aliphatic heterocycles. The lowest BCUT2D eigenvalue weighted by molar-refractivity contribution is 0.184. The zero-order valence-electron chi connectivity index (χ0n) is 75.7. The quantitative estimate of drug-likeness (QED) is 0.0430. The Bertz CT molecular complexity index is 6260. The fraction of sp³-hybridized carbons (Fsp3) is 0.174. The molecule has 646 valence electrons. The molecule has 0 amide bonds. The third-order valence-electron chi connectivity index (χ3n) is 25.0. The molecule has 0 saturated carbocycles. The fourth-order valence-corrected chi connectivity index (χ4v) is 19.0. The van der Waals surface area contributed by atoms with Crippen molar-refractivity contribution in [3.05, 3.63) is 535 Å². The van der Waals surface area contributed by atoms with Crippen molar-refractivity contribution >= 4 is 43.1 Å². The minimum atomic E-state index is -0.499. The predicted molar refractivity (Wildman–Crippen MR) is 531 cm³/mol. The van der Waals surface area contributed by atoms with Crippen LogP contribution < -0.4 is 0 Å². The summed E-state index contributed by atoms with van der Waals surface area (Å²) in [5.41, 5.74) is 27.9. The Hall–Kier alpha value is -13.3.